The van der Waals surface area contributed by atoms with E-state index in [-0.39, 0.29) is 11.5 Å². The second-order valence-corrected chi connectivity index (χ2v) is 7.29. The van der Waals surface area contributed by atoms with Crippen molar-refractivity contribution in [3.8, 4) is 0 Å². The molecule has 0 bridgehead atoms. The Kier molecular flexibility index (Phi) is 5.50. The Hall–Kier alpha value is -2.81. The number of benzene rings is 1. The van der Waals surface area contributed by atoms with Crippen molar-refractivity contribution >= 4 is 40.9 Å². The molecule has 2 heterocycles. The Balaban J connectivity index is 1.62. The quantitative estimate of drug-likeness (QED) is 0.779. The van der Waals surface area contributed by atoms with Crippen molar-refractivity contribution in [1.29, 1.82) is 0 Å². The van der Waals surface area contributed by atoms with E-state index in [1.54, 1.807) is 48.6 Å². The first-order valence-corrected chi connectivity index (χ1v) is 9.37. The van der Waals surface area contributed by atoms with Crippen LogP contribution in [-0.4, -0.2) is 39.9 Å². The third-order valence-electron chi connectivity index (χ3n) is 4.18. The zero-order valence-corrected chi connectivity index (χ0v) is 16.1. The molecular weight excluding hydrogens is 368 g/mol. The van der Waals surface area contributed by atoms with Gasteiger partial charge in [-0.15, -0.1) is 11.8 Å². The third-order valence-corrected chi connectivity index (χ3v) is 5.26. The normalized spacial score (nSPS) is 13.4. The van der Waals surface area contributed by atoms with Crippen LogP contribution in [-0.2, 0) is 21.4 Å². The van der Waals surface area contributed by atoms with Crippen LogP contribution >= 0.6 is 11.8 Å². The van der Waals surface area contributed by atoms with Gasteiger partial charge < -0.3 is 15.4 Å². The third kappa shape index (κ3) is 4.30. The number of esters is 1. The number of nitrogens with one attached hydrogen (secondary N) is 2. The molecule has 1 aliphatic rings. The predicted octanol–water partition coefficient (Wildman–Crippen LogP) is 2.27. The van der Waals surface area contributed by atoms with Gasteiger partial charge in [-0.1, -0.05) is 0 Å². The van der Waals surface area contributed by atoms with Gasteiger partial charge in [0.05, 0.1) is 28.3 Å². The van der Waals surface area contributed by atoms with Crippen LogP contribution in [0.2, 0.25) is 0 Å². The molecule has 9 heteroatoms. The van der Waals surface area contributed by atoms with E-state index in [0.29, 0.717) is 29.2 Å². The molecule has 0 saturated carbocycles. The number of anilines is 2. The van der Waals surface area contributed by atoms with E-state index in [0.717, 1.165) is 10.6 Å². The van der Waals surface area contributed by atoms with Gasteiger partial charge in [0.1, 0.15) is 0 Å². The van der Waals surface area contributed by atoms with Crippen molar-refractivity contribution in [2.45, 2.75) is 25.2 Å². The van der Waals surface area contributed by atoms with Gasteiger partial charge in [0, 0.05) is 24.1 Å². The maximum Gasteiger partial charge on any atom is 0.338 e. The van der Waals surface area contributed by atoms with Crippen LogP contribution in [0.4, 0.5) is 11.4 Å². The molecule has 0 radical (unpaired) electrons. The first kappa shape index (κ1) is 19.0. The summed E-state index contributed by atoms with van der Waals surface area (Å²) in [7, 11) is 1.79. The van der Waals surface area contributed by atoms with Gasteiger partial charge in [-0.3, -0.25) is 14.3 Å². The SMILES string of the molecule is Cc1nn(C)c(C)c1NC(=O)COC(=O)c1ccc2c(c1)NC(=O)CCS2. The molecular formula is C18H20N4O4S. The molecule has 0 saturated heterocycles. The molecule has 0 spiro atoms. The monoisotopic (exact) mass is 388 g/mol. The van der Waals surface area contributed by atoms with E-state index in [1.165, 1.54) is 0 Å². The highest BCUT2D eigenvalue weighted by Gasteiger charge is 2.18. The summed E-state index contributed by atoms with van der Waals surface area (Å²) in [4.78, 5) is 36.9. The second-order valence-electron chi connectivity index (χ2n) is 6.15. The van der Waals surface area contributed by atoms with Crippen LogP contribution in [0.5, 0.6) is 0 Å². The molecule has 2 amide bonds. The molecule has 142 valence electrons. The molecule has 0 fully saturated rings. The minimum atomic E-state index is -0.629. The van der Waals surface area contributed by atoms with E-state index in [1.807, 2.05) is 6.92 Å². The summed E-state index contributed by atoms with van der Waals surface area (Å²) in [5, 5.41) is 9.70. The van der Waals surface area contributed by atoms with Crippen LogP contribution in [0.15, 0.2) is 23.1 Å². The molecule has 1 aromatic carbocycles. The summed E-state index contributed by atoms with van der Waals surface area (Å²) in [6.07, 6.45) is 0.423. The van der Waals surface area contributed by atoms with Gasteiger partial charge in [0.2, 0.25) is 5.91 Å². The van der Waals surface area contributed by atoms with Gasteiger partial charge in [0.15, 0.2) is 6.61 Å². The number of fused-ring (bicyclic) bond motifs is 1. The fraction of sp³-hybridized carbons (Fsp3) is 0.333. The average molecular weight is 388 g/mol. The van der Waals surface area contributed by atoms with Gasteiger partial charge in [-0.05, 0) is 32.0 Å². The lowest BCUT2D eigenvalue weighted by atomic mass is 10.2. The Morgan fingerprint density at radius 3 is 2.85 bits per heavy atom. The number of amides is 2. The van der Waals surface area contributed by atoms with Crippen LogP contribution in [0, 0.1) is 13.8 Å². The smallest absolute Gasteiger partial charge is 0.338 e. The van der Waals surface area contributed by atoms with Crippen LogP contribution in [0.25, 0.3) is 0 Å². The molecule has 0 aliphatic carbocycles. The minimum absolute atomic E-state index is 0.0895. The van der Waals surface area contributed by atoms with E-state index in [4.69, 9.17) is 4.74 Å². The van der Waals surface area contributed by atoms with E-state index in [9.17, 15) is 14.4 Å². The number of carbonyl (C=O) groups is 3. The average Bonchev–Trinajstić information content (AvgIpc) is 2.78. The summed E-state index contributed by atoms with van der Waals surface area (Å²) >= 11 is 1.55. The fourth-order valence-electron chi connectivity index (χ4n) is 2.69. The summed E-state index contributed by atoms with van der Waals surface area (Å²) in [5.41, 5.74) is 2.98. The maximum atomic E-state index is 12.3. The lowest BCUT2D eigenvalue weighted by molar-refractivity contribution is -0.119. The predicted molar refractivity (Wildman–Crippen MR) is 102 cm³/mol. The van der Waals surface area contributed by atoms with Crippen molar-refractivity contribution in [2.24, 2.45) is 7.05 Å². The maximum absolute atomic E-state index is 12.3. The number of rotatable bonds is 4. The highest BCUT2D eigenvalue weighted by molar-refractivity contribution is 7.99. The van der Waals surface area contributed by atoms with Crippen LogP contribution < -0.4 is 10.6 Å². The standard InChI is InChI=1S/C18H20N4O4S/c1-10-17(11(2)22(3)21-10)20-16(24)9-26-18(25)12-4-5-14-13(8-12)19-15(23)6-7-27-14/h4-5,8H,6-7,9H2,1-3H3,(H,19,23)(H,20,24). The molecule has 2 aromatic rings. The second kappa shape index (κ2) is 7.83. The van der Waals surface area contributed by atoms with Crippen molar-refractivity contribution < 1.29 is 19.1 Å². The van der Waals surface area contributed by atoms with Crippen molar-refractivity contribution in [3.05, 3.63) is 35.2 Å². The zero-order chi connectivity index (χ0) is 19.6. The Bertz CT molecular complexity index is 922. The number of carbonyl (C=O) groups excluding carboxylic acids is 3. The highest BCUT2D eigenvalue weighted by atomic mass is 32.2. The summed E-state index contributed by atoms with van der Waals surface area (Å²) < 4.78 is 6.77. The van der Waals surface area contributed by atoms with E-state index < -0.39 is 18.5 Å². The molecule has 0 unspecified atom stereocenters. The number of aryl methyl sites for hydroxylation is 2. The first-order chi connectivity index (χ1) is 12.8. The van der Waals surface area contributed by atoms with Crippen LogP contribution in [0.1, 0.15) is 28.2 Å². The number of hydrogen-bond acceptors (Lipinski definition) is 6. The van der Waals surface area contributed by atoms with Crippen molar-refractivity contribution in [3.63, 3.8) is 0 Å². The number of aromatic nitrogens is 2. The van der Waals surface area contributed by atoms with Gasteiger partial charge in [-0.2, -0.15) is 5.10 Å². The van der Waals surface area contributed by atoms with Crippen molar-refractivity contribution in [2.75, 3.05) is 23.0 Å². The summed E-state index contributed by atoms with van der Waals surface area (Å²) in [6.45, 7) is 3.21. The lowest BCUT2D eigenvalue weighted by Crippen LogP contribution is -2.21. The lowest BCUT2D eigenvalue weighted by Gasteiger charge is -2.10. The molecule has 27 heavy (non-hydrogen) atoms. The van der Waals surface area contributed by atoms with E-state index in [2.05, 4.69) is 15.7 Å². The molecule has 3 rings (SSSR count). The van der Waals surface area contributed by atoms with Crippen LogP contribution in [0.3, 0.4) is 0 Å². The first-order valence-electron chi connectivity index (χ1n) is 8.39. The Labute approximate surface area is 160 Å². The molecule has 1 aliphatic heterocycles. The number of nitrogens with zero attached hydrogens (tertiary/aromatic N) is 2. The van der Waals surface area contributed by atoms with E-state index >= 15 is 0 Å². The fourth-order valence-corrected chi connectivity index (χ4v) is 3.63. The summed E-state index contributed by atoms with van der Waals surface area (Å²) in [6, 6.07) is 4.96. The van der Waals surface area contributed by atoms with Crippen molar-refractivity contribution in [1.82, 2.24) is 9.78 Å². The molecule has 1 aromatic heterocycles. The minimum Gasteiger partial charge on any atom is -0.452 e. The number of ether oxygens (including phenoxy) is 1. The zero-order valence-electron chi connectivity index (χ0n) is 15.3. The Morgan fingerprint density at radius 1 is 1.37 bits per heavy atom. The van der Waals surface area contributed by atoms with Gasteiger partial charge in [0.25, 0.3) is 5.91 Å². The molecule has 2 N–H and O–H groups in total. The summed E-state index contributed by atoms with van der Waals surface area (Å²) in [5.74, 6) is -0.471. The van der Waals surface area contributed by atoms with Gasteiger partial charge in [-0.25, -0.2) is 4.79 Å². The number of hydrogen-bond donors (Lipinski definition) is 2. The van der Waals surface area contributed by atoms with Gasteiger partial charge >= 0.3 is 5.97 Å². The molecule has 0 atom stereocenters. The largest absolute Gasteiger partial charge is 0.452 e. The number of thioether (sulfide) groups is 1. The Morgan fingerprint density at radius 2 is 2.15 bits per heavy atom. The molecule has 8 nitrogen and oxygen atoms in total. The highest BCUT2D eigenvalue weighted by Crippen LogP contribution is 2.31. The topological polar surface area (TPSA) is 102 Å².